The van der Waals surface area contributed by atoms with Crippen molar-refractivity contribution < 1.29 is 4.74 Å². The highest BCUT2D eigenvalue weighted by Crippen LogP contribution is 2.23. The molecule has 0 amide bonds. The lowest BCUT2D eigenvalue weighted by molar-refractivity contribution is 0.214. The molecule has 36 heavy (non-hydrogen) atoms. The van der Waals surface area contributed by atoms with Gasteiger partial charge in [-0.3, -0.25) is 9.48 Å². The van der Waals surface area contributed by atoms with Gasteiger partial charge in [-0.2, -0.15) is 15.1 Å². The Bertz CT molecular complexity index is 1640. The van der Waals surface area contributed by atoms with Crippen LogP contribution in [0.15, 0.2) is 66.2 Å². The zero-order valence-electron chi connectivity index (χ0n) is 19.8. The maximum Gasteiger partial charge on any atom is 0.278 e. The van der Waals surface area contributed by atoms with Gasteiger partial charge in [0.15, 0.2) is 11.5 Å². The van der Waals surface area contributed by atoms with Crippen LogP contribution in [0, 0.1) is 0 Å². The molecule has 5 heterocycles. The van der Waals surface area contributed by atoms with Crippen molar-refractivity contribution in [1.29, 1.82) is 0 Å². The van der Waals surface area contributed by atoms with Gasteiger partial charge in [0.2, 0.25) is 11.8 Å². The Morgan fingerprint density at radius 3 is 3.00 bits per heavy atom. The molecule has 0 radical (unpaired) electrons. The van der Waals surface area contributed by atoms with Crippen LogP contribution in [0.25, 0.3) is 27.8 Å². The van der Waals surface area contributed by atoms with E-state index in [1.807, 2.05) is 48.1 Å². The minimum atomic E-state index is -0.221. The Kier molecular flexibility index (Phi) is 5.45. The first-order valence-electron chi connectivity index (χ1n) is 11.7. The minimum Gasteiger partial charge on any atom is -0.473 e. The summed E-state index contributed by atoms with van der Waals surface area (Å²) < 4.78 is 11.1. The number of pyridine rings is 1. The normalized spacial score (nSPS) is 15.5. The van der Waals surface area contributed by atoms with Gasteiger partial charge in [0.05, 0.1) is 18.3 Å². The number of allylic oxidation sites excluding steroid dienone is 1. The topological polar surface area (TPSA) is 117 Å². The van der Waals surface area contributed by atoms with Crippen LogP contribution in [0.5, 0.6) is 5.88 Å². The number of rotatable bonds is 7. The molecule has 0 aliphatic carbocycles. The van der Waals surface area contributed by atoms with E-state index in [0.717, 1.165) is 36.1 Å². The number of benzene rings is 1. The zero-order chi connectivity index (χ0) is 24.6. The van der Waals surface area contributed by atoms with Crippen LogP contribution in [0.3, 0.4) is 0 Å². The molecule has 0 bridgehead atoms. The molecule has 1 atom stereocenters. The van der Waals surface area contributed by atoms with Gasteiger partial charge in [-0.05, 0) is 37.2 Å². The number of hydrogen-bond acceptors (Lipinski definition) is 8. The van der Waals surface area contributed by atoms with E-state index in [0.29, 0.717) is 28.7 Å². The number of nitrogens with zero attached hydrogens (tertiary/aromatic N) is 7. The van der Waals surface area contributed by atoms with Crippen LogP contribution in [0.1, 0.15) is 6.42 Å². The van der Waals surface area contributed by atoms with E-state index in [2.05, 4.69) is 27.3 Å². The highest BCUT2D eigenvalue weighted by Gasteiger charge is 2.20. The number of fused-ring (bicyclic) bond motifs is 2. The van der Waals surface area contributed by atoms with Crippen LogP contribution in [-0.2, 0) is 13.6 Å². The summed E-state index contributed by atoms with van der Waals surface area (Å²) in [5.41, 5.74) is 2.05. The quantitative estimate of drug-likeness (QED) is 0.339. The Hall–Kier alpha value is -4.51. The van der Waals surface area contributed by atoms with Gasteiger partial charge < -0.3 is 15.4 Å². The molecule has 1 fully saturated rings. The molecule has 11 nitrogen and oxygen atoms in total. The molecule has 11 heteroatoms. The lowest BCUT2D eigenvalue weighted by Crippen LogP contribution is -2.23. The Morgan fingerprint density at radius 2 is 2.17 bits per heavy atom. The molecule has 1 aliphatic rings. The largest absolute Gasteiger partial charge is 0.473 e. The summed E-state index contributed by atoms with van der Waals surface area (Å²) in [6.45, 7) is 5.80. The summed E-state index contributed by atoms with van der Waals surface area (Å²) in [5.74, 6) is 1.38. The third-order valence-corrected chi connectivity index (χ3v) is 6.21. The molecular formula is C25H25N9O2. The lowest BCUT2D eigenvalue weighted by Gasteiger charge is -2.14. The van der Waals surface area contributed by atoms with Crippen molar-refractivity contribution in [3.8, 4) is 11.7 Å². The van der Waals surface area contributed by atoms with Gasteiger partial charge in [-0.25, -0.2) is 14.3 Å². The van der Waals surface area contributed by atoms with Gasteiger partial charge in [-0.15, -0.1) is 6.58 Å². The summed E-state index contributed by atoms with van der Waals surface area (Å²) in [5, 5.41) is 12.2. The SMILES string of the molecule is C=CCn1c(=O)c2cnc(Nc3ccc4c(cnn4C)c3)nc2n1-c1cccc(O[C@@H]2CCNC2)n1. The maximum atomic E-state index is 13.2. The third kappa shape index (κ3) is 3.89. The first-order valence-corrected chi connectivity index (χ1v) is 11.7. The van der Waals surface area contributed by atoms with Crippen molar-refractivity contribution in [3.05, 3.63) is 71.8 Å². The van der Waals surface area contributed by atoms with E-state index in [1.165, 1.54) is 6.20 Å². The van der Waals surface area contributed by atoms with Gasteiger partial charge in [-0.1, -0.05) is 12.1 Å². The van der Waals surface area contributed by atoms with Gasteiger partial charge in [0.1, 0.15) is 11.5 Å². The van der Waals surface area contributed by atoms with E-state index in [9.17, 15) is 4.79 Å². The van der Waals surface area contributed by atoms with Crippen molar-refractivity contribution in [2.45, 2.75) is 19.1 Å². The minimum absolute atomic E-state index is 0.0693. The molecular weight excluding hydrogens is 458 g/mol. The van der Waals surface area contributed by atoms with Crippen molar-refractivity contribution in [3.63, 3.8) is 0 Å². The van der Waals surface area contributed by atoms with Crippen LogP contribution < -0.4 is 20.9 Å². The predicted octanol–water partition coefficient (Wildman–Crippen LogP) is 2.53. The number of nitrogens with one attached hydrogen (secondary N) is 2. The average molecular weight is 484 g/mol. The molecule has 0 spiro atoms. The van der Waals surface area contributed by atoms with E-state index in [4.69, 9.17) is 14.7 Å². The van der Waals surface area contributed by atoms with Gasteiger partial charge >= 0.3 is 0 Å². The third-order valence-electron chi connectivity index (χ3n) is 6.21. The summed E-state index contributed by atoms with van der Waals surface area (Å²) in [6.07, 6.45) is 6.00. The molecule has 0 unspecified atom stereocenters. The highest BCUT2D eigenvalue weighted by molar-refractivity contribution is 5.83. The lowest BCUT2D eigenvalue weighted by atomic mass is 10.2. The van der Waals surface area contributed by atoms with E-state index < -0.39 is 0 Å². The molecule has 1 aromatic carbocycles. The van der Waals surface area contributed by atoms with Crippen molar-refractivity contribution >= 4 is 33.6 Å². The number of hydrogen-bond donors (Lipinski definition) is 2. The number of ether oxygens (including phenoxy) is 1. The first kappa shape index (κ1) is 22.0. The predicted molar refractivity (Wildman–Crippen MR) is 137 cm³/mol. The summed E-state index contributed by atoms with van der Waals surface area (Å²) >= 11 is 0. The Morgan fingerprint density at radius 1 is 1.25 bits per heavy atom. The first-order chi connectivity index (χ1) is 17.6. The molecule has 1 aliphatic heterocycles. The fourth-order valence-electron chi connectivity index (χ4n) is 4.47. The van der Waals surface area contributed by atoms with Crippen LogP contribution in [0.2, 0.25) is 0 Å². The van der Waals surface area contributed by atoms with Crippen LogP contribution in [-0.4, -0.2) is 53.3 Å². The Labute approximate surface area is 206 Å². The molecule has 5 aromatic rings. The van der Waals surface area contributed by atoms with Crippen LogP contribution in [0.4, 0.5) is 11.6 Å². The van der Waals surface area contributed by atoms with Crippen molar-refractivity contribution in [2.75, 3.05) is 18.4 Å². The second kappa shape index (κ2) is 8.93. The van der Waals surface area contributed by atoms with Crippen molar-refractivity contribution in [1.82, 2.24) is 39.4 Å². The van der Waals surface area contributed by atoms with E-state index >= 15 is 0 Å². The number of aromatic nitrogens is 7. The molecule has 2 N–H and O–H groups in total. The molecule has 4 aromatic heterocycles. The molecule has 182 valence electrons. The molecule has 1 saturated heterocycles. The smallest absolute Gasteiger partial charge is 0.278 e. The highest BCUT2D eigenvalue weighted by atomic mass is 16.5. The maximum absolute atomic E-state index is 13.2. The monoisotopic (exact) mass is 483 g/mol. The Balaban J connectivity index is 1.42. The second-order valence-electron chi connectivity index (χ2n) is 8.65. The fraction of sp³-hybridized carbons (Fsp3) is 0.240. The van der Waals surface area contributed by atoms with E-state index in [-0.39, 0.29) is 18.2 Å². The van der Waals surface area contributed by atoms with E-state index in [1.54, 1.807) is 21.6 Å². The summed E-state index contributed by atoms with van der Waals surface area (Å²) in [6, 6.07) is 11.4. The molecule has 0 saturated carbocycles. The molecule has 6 rings (SSSR count). The zero-order valence-corrected chi connectivity index (χ0v) is 19.8. The van der Waals surface area contributed by atoms with Crippen LogP contribution >= 0.6 is 0 Å². The standard InChI is InChI=1S/C25H25N9O2/c1-3-11-33-24(35)19-15-27-25(29-17-7-8-20-16(12-17)13-28-32(20)2)31-23(19)34(33)21-5-4-6-22(30-21)36-18-9-10-26-14-18/h3-8,12-13,15,18,26H,1,9-11,14H2,2H3,(H,27,29,31)/t18-/m1/s1. The van der Waals surface area contributed by atoms with Gasteiger partial charge in [0.25, 0.3) is 5.56 Å². The number of aryl methyl sites for hydroxylation is 1. The van der Waals surface area contributed by atoms with Crippen molar-refractivity contribution in [2.24, 2.45) is 7.05 Å². The second-order valence-corrected chi connectivity index (χ2v) is 8.65. The number of anilines is 2. The summed E-state index contributed by atoms with van der Waals surface area (Å²) in [4.78, 5) is 27.0. The summed E-state index contributed by atoms with van der Waals surface area (Å²) in [7, 11) is 1.90. The van der Waals surface area contributed by atoms with Gasteiger partial charge in [0, 0.05) is 36.9 Å². The average Bonchev–Trinajstić information content (AvgIpc) is 3.59. The fourth-order valence-corrected chi connectivity index (χ4v) is 4.47.